The first-order valence-corrected chi connectivity index (χ1v) is 13.1. The third-order valence-corrected chi connectivity index (χ3v) is 8.03. The van der Waals surface area contributed by atoms with Crippen LogP contribution >= 0.6 is 0 Å². The smallest absolute Gasteiger partial charge is 0.353 e. The van der Waals surface area contributed by atoms with Crippen LogP contribution in [0.2, 0.25) is 0 Å². The first-order chi connectivity index (χ1) is 15.2. The highest BCUT2D eigenvalue weighted by atomic mass is 32.2. The third kappa shape index (κ3) is 10.5. The normalized spacial score (nSPS) is 17.4. The van der Waals surface area contributed by atoms with Gasteiger partial charge in [0.25, 0.3) is 0 Å². The van der Waals surface area contributed by atoms with Crippen LogP contribution in [0.5, 0.6) is 0 Å². The van der Waals surface area contributed by atoms with Gasteiger partial charge in [-0.2, -0.15) is 13.2 Å². The Hall–Kier alpha value is -1.33. The van der Waals surface area contributed by atoms with E-state index in [4.69, 9.17) is 14.0 Å². The Morgan fingerprint density at radius 1 is 1.18 bits per heavy atom. The maximum absolute atomic E-state index is 12.5. The fraction of sp³-hybridized carbons (Fsp3) is 0.870. The average molecular weight is 517 g/mol. The highest BCUT2D eigenvalue weighted by Gasteiger charge is 2.36. The SMILES string of the molecule is C.CC.CC(C)(COC1CCCCO1)c1cc(NCC(C)(C)S(=O)(=O)CCCC(F)(F)F)on1. The molecule has 202 valence electrons. The van der Waals surface area contributed by atoms with Gasteiger partial charge in [0.05, 0.1) is 22.8 Å². The van der Waals surface area contributed by atoms with Crippen molar-refractivity contribution in [3.8, 4) is 0 Å². The van der Waals surface area contributed by atoms with Crippen molar-refractivity contribution in [2.75, 3.05) is 30.8 Å². The van der Waals surface area contributed by atoms with Gasteiger partial charge in [0.2, 0.25) is 5.88 Å². The number of nitrogens with one attached hydrogen (secondary N) is 1. The summed E-state index contributed by atoms with van der Waals surface area (Å²) in [5.41, 5.74) is 0.181. The summed E-state index contributed by atoms with van der Waals surface area (Å²) in [6.07, 6.45) is -3.21. The summed E-state index contributed by atoms with van der Waals surface area (Å²) in [6.45, 7) is 11.9. The summed E-state index contributed by atoms with van der Waals surface area (Å²) in [4.78, 5) is 0. The molecule has 0 spiro atoms. The van der Waals surface area contributed by atoms with Crippen molar-refractivity contribution in [1.82, 2.24) is 5.16 Å². The molecule has 0 saturated carbocycles. The minimum absolute atomic E-state index is 0. The van der Waals surface area contributed by atoms with Crippen molar-refractivity contribution in [3.63, 3.8) is 0 Å². The molecule has 1 N–H and O–H groups in total. The second kappa shape index (κ2) is 13.7. The highest BCUT2D eigenvalue weighted by molar-refractivity contribution is 7.92. The summed E-state index contributed by atoms with van der Waals surface area (Å²) >= 11 is 0. The van der Waals surface area contributed by atoms with Crippen molar-refractivity contribution < 1.29 is 35.6 Å². The maximum Gasteiger partial charge on any atom is 0.389 e. The van der Waals surface area contributed by atoms with Crippen molar-refractivity contribution in [1.29, 1.82) is 0 Å². The standard InChI is InChI=1S/C20H33F3N2O5S.C2H6.CH4/c1-18(2,14-29-17-8-5-6-10-28-17)15-12-16(30-25-15)24-13-19(3,4)31(26,27)11-7-9-20(21,22)23;1-2;/h12,17,24H,5-11,13-14H2,1-4H3;1-2H3;1H4. The Morgan fingerprint density at radius 3 is 2.38 bits per heavy atom. The molecule has 1 aliphatic heterocycles. The van der Waals surface area contributed by atoms with Crippen LogP contribution in [0.3, 0.4) is 0 Å². The second-order valence-electron chi connectivity index (χ2n) is 9.22. The Balaban J connectivity index is 0.00000353. The summed E-state index contributed by atoms with van der Waals surface area (Å²) in [5, 5.41) is 6.96. The Bertz CT molecular complexity index is 802. The number of aromatic nitrogens is 1. The van der Waals surface area contributed by atoms with Crippen LogP contribution in [0, 0.1) is 0 Å². The third-order valence-electron chi connectivity index (χ3n) is 5.38. The quantitative estimate of drug-likeness (QED) is 0.380. The maximum atomic E-state index is 12.5. The molecule has 11 heteroatoms. The van der Waals surface area contributed by atoms with Crippen LogP contribution in [0.1, 0.15) is 86.8 Å². The Labute approximate surface area is 203 Å². The monoisotopic (exact) mass is 516 g/mol. The Kier molecular flexibility index (Phi) is 13.1. The molecule has 2 heterocycles. The molecule has 0 amide bonds. The fourth-order valence-electron chi connectivity index (χ4n) is 3.04. The van der Waals surface area contributed by atoms with Gasteiger partial charge in [0.15, 0.2) is 16.1 Å². The number of rotatable bonds is 11. The van der Waals surface area contributed by atoms with Crippen molar-refractivity contribution >= 4 is 15.7 Å². The van der Waals surface area contributed by atoms with E-state index in [0.29, 0.717) is 18.9 Å². The van der Waals surface area contributed by atoms with Gasteiger partial charge in [-0.3, -0.25) is 0 Å². The zero-order valence-electron chi connectivity index (χ0n) is 20.5. The molecule has 2 rings (SSSR count). The molecular weight excluding hydrogens is 473 g/mol. The second-order valence-corrected chi connectivity index (χ2v) is 12.0. The van der Waals surface area contributed by atoms with Gasteiger partial charge >= 0.3 is 6.18 Å². The lowest BCUT2D eigenvalue weighted by molar-refractivity contribution is -0.170. The van der Waals surface area contributed by atoms with Crippen LogP contribution in [0.15, 0.2) is 10.6 Å². The lowest BCUT2D eigenvalue weighted by atomic mass is 9.90. The number of hydrogen-bond acceptors (Lipinski definition) is 7. The number of anilines is 1. The van der Waals surface area contributed by atoms with Crippen LogP contribution in [0.25, 0.3) is 0 Å². The van der Waals surface area contributed by atoms with Crippen molar-refractivity contribution in [2.45, 2.75) is 104 Å². The molecule has 1 aromatic heterocycles. The van der Waals surface area contributed by atoms with E-state index >= 15 is 0 Å². The van der Waals surface area contributed by atoms with E-state index in [1.54, 1.807) is 6.07 Å². The first kappa shape index (κ1) is 32.7. The van der Waals surface area contributed by atoms with Crippen molar-refractivity contribution in [3.05, 3.63) is 11.8 Å². The average Bonchev–Trinajstić information content (AvgIpc) is 3.22. The predicted molar refractivity (Wildman–Crippen MR) is 129 cm³/mol. The van der Waals surface area contributed by atoms with Gasteiger partial charge in [-0.15, -0.1) is 0 Å². The summed E-state index contributed by atoms with van der Waals surface area (Å²) in [7, 11) is -3.75. The summed E-state index contributed by atoms with van der Waals surface area (Å²) in [6, 6.07) is 1.68. The van der Waals surface area contributed by atoms with Gasteiger partial charge < -0.3 is 19.3 Å². The van der Waals surface area contributed by atoms with E-state index in [-0.39, 0.29) is 26.1 Å². The lowest BCUT2D eigenvalue weighted by Crippen LogP contribution is -2.40. The number of sulfone groups is 1. The van der Waals surface area contributed by atoms with Crippen LogP contribution in [0.4, 0.5) is 19.1 Å². The molecule has 1 saturated heterocycles. The summed E-state index contributed by atoms with van der Waals surface area (Å²) < 4.78 is 77.3. The molecule has 0 radical (unpaired) electrons. The van der Waals surface area contributed by atoms with E-state index in [9.17, 15) is 21.6 Å². The number of hydrogen-bond donors (Lipinski definition) is 1. The van der Waals surface area contributed by atoms with E-state index in [0.717, 1.165) is 19.3 Å². The van der Waals surface area contributed by atoms with Crippen LogP contribution in [-0.4, -0.2) is 56.3 Å². The molecule has 1 aliphatic rings. The number of halogens is 3. The first-order valence-electron chi connectivity index (χ1n) is 11.5. The lowest BCUT2D eigenvalue weighted by Gasteiger charge is -2.28. The molecule has 1 unspecified atom stereocenters. The Morgan fingerprint density at radius 2 is 1.82 bits per heavy atom. The molecule has 0 aromatic carbocycles. The van der Waals surface area contributed by atoms with Crippen LogP contribution < -0.4 is 5.32 Å². The minimum atomic E-state index is -4.37. The van der Waals surface area contributed by atoms with Gasteiger partial charge in [-0.25, -0.2) is 8.42 Å². The fourth-order valence-corrected chi connectivity index (χ4v) is 4.41. The van der Waals surface area contributed by atoms with E-state index in [2.05, 4.69) is 10.5 Å². The highest BCUT2D eigenvalue weighted by Crippen LogP contribution is 2.28. The molecule has 1 fully saturated rings. The molecule has 0 aliphatic carbocycles. The molecular formula is C23H43F3N2O5S. The zero-order chi connectivity index (χ0) is 25.3. The van der Waals surface area contributed by atoms with Crippen LogP contribution in [-0.2, 0) is 24.7 Å². The summed E-state index contributed by atoms with van der Waals surface area (Å²) in [5.74, 6) is -0.244. The molecule has 7 nitrogen and oxygen atoms in total. The molecule has 1 aromatic rings. The van der Waals surface area contributed by atoms with E-state index in [1.807, 2.05) is 27.7 Å². The van der Waals surface area contributed by atoms with Gasteiger partial charge in [-0.1, -0.05) is 40.3 Å². The number of ether oxygens (including phenoxy) is 2. The number of alkyl halides is 3. The van der Waals surface area contributed by atoms with E-state index in [1.165, 1.54) is 13.8 Å². The number of nitrogens with zero attached hydrogens (tertiary/aromatic N) is 1. The molecule has 1 atom stereocenters. The predicted octanol–water partition coefficient (Wildman–Crippen LogP) is 6.11. The van der Waals surface area contributed by atoms with E-state index < -0.39 is 44.8 Å². The zero-order valence-corrected chi connectivity index (χ0v) is 21.4. The van der Waals surface area contributed by atoms with Gasteiger partial charge in [-0.05, 0) is 39.5 Å². The van der Waals surface area contributed by atoms with Gasteiger partial charge in [0, 0.05) is 31.1 Å². The molecule has 0 bridgehead atoms. The largest absolute Gasteiger partial charge is 0.389 e. The molecule has 34 heavy (non-hydrogen) atoms. The topological polar surface area (TPSA) is 90.7 Å². The van der Waals surface area contributed by atoms with Gasteiger partial charge in [0.1, 0.15) is 0 Å². The minimum Gasteiger partial charge on any atom is -0.353 e. The van der Waals surface area contributed by atoms with Crippen molar-refractivity contribution in [2.24, 2.45) is 0 Å².